The Labute approximate surface area is 194 Å². The van der Waals surface area contributed by atoms with Gasteiger partial charge in [0, 0.05) is 18.4 Å². The van der Waals surface area contributed by atoms with E-state index in [1.807, 2.05) is 24.3 Å². The number of H-pyrrole nitrogens is 1. The van der Waals surface area contributed by atoms with Crippen LogP contribution >= 0.6 is 11.6 Å². The molecule has 33 heavy (non-hydrogen) atoms. The molecule has 0 bridgehead atoms. The number of hydrogen-bond acceptors (Lipinski definition) is 5. The molecule has 0 saturated heterocycles. The molecule has 9 heteroatoms. The van der Waals surface area contributed by atoms with Crippen molar-refractivity contribution in [3.63, 3.8) is 0 Å². The van der Waals surface area contributed by atoms with Gasteiger partial charge in [-0.15, -0.1) is 0 Å². The van der Waals surface area contributed by atoms with Gasteiger partial charge in [0.15, 0.2) is 0 Å². The Balaban J connectivity index is 1.80. The van der Waals surface area contributed by atoms with Gasteiger partial charge in [-0.05, 0) is 35.2 Å². The quantitative estimate of drug-likeness (QED) is 0.611. The second-order valence-electron chi connectivity index (χ2n) is 8.22. The number of aromatic hydroxyl groups is 1. The minimum Gasteiger partial charge on any atom is -0.493 e. The highest BCUT2D eigenvalue weighted by Crippen LogP contribution is 2.34. The predicted molar refractivity (Wildman–Crippen MR) is 126 cm³/mol. The third-order valence-corrected chi connectivity index (χ3v) is 5.90. The topological polar surface area (TPSA) is 108 Å². The number of halogens is 1. The van der Waals surface area contributed by atoms with Crippen LogP contribution < -0.4 is 11.2 Å². The second kappa shape index (κ2) is 8.71. The lowest BCUT2D eigenvalue weighted by Gasteiger charge is -2.21. The summed E-state index contributed by atoms with van der Waals surface area (Å²) in [7, 11) is 0. The molecule has 2 N–H and O–H groups in total. The number of benzene rings is 2. The summed E-state index contributed by atoms with van der Waals surface area (Å²) in [5, 5.41) is 17.0. The van der Waals surface area contributed by atoms with Crippen molar-refractivity contribution in [2.75, 3.05) is 0 Å². The largest absolute Gasteiger partial charge is 0.493 e. The molecule has 1 atom stereocenters. The standard InChI is InChI=1S/C24H23ClN4O4/c1-13(2)15-7-9-16(10-8-15)20-12-19(27-29(20)14(3)30)21-22(31)26-24(33)28(23(21)32)18-6-4-5-17(25)11-18/h4-11,13,20,32H,12H2,1-3H3,(H,26,31,33)/t20-/m0/s1. The van der Waals surface area contributed by atoms with Crippen LogP contribution in [0.2, 0.25) is 5.02 Å². The van der Waals surface area contributed by atoms with Crippen LogP contribution in [-0.2, 0) is 4.79 Å². The molecule has 1 amide bonds. The van der Waals surface area contributed by atoms with Gasteiger partial charge >= 0.3 is 5.69 Å². The van der Waals surface area contributed by atoms with E-state index < -0.39 is 23.2 Å². The van der Waals surface area contributed by atoms with Gasteiger partial charge in [-0.25, -0.2) is 14.4 Å². The SMILES string of the molecule is CC(=O)N1N=C(c2c(O)n(-c3cccc(Cl)c3)c(=O)[nH]c2=O)C[C@H]1c1ccc(C(C)C)cc1. The zero-order chi connectivity index (χ0) is 23.9. The molecule has 1 aromatic heterocycles. The summed E-state index contributed by atoms with van der Waals surface area (Å²) in [5.41, 5.74) is 0.743. The average Bonchev–Trinajstić information content (AvgIpc) is 3.19. The highest BCUT2D eigenvalue weighted by Gasteiger charge is 2.34. The monoisotopic (exact) mass is 466 g/mol. The van der Waals surface area contributed by atoms with E-state index in [1.54, 1.807) is 18.2 Å². The van der Waals surface area contributed by atoms with Gasteiger partial charge < -0.3 is 5.11 Å². The summed E-state index contributed by atoms with van der Waals surface area (Å²) in [6.07, 6.45) is 0.199. The number of hydrazone groups is 1. The van der Waals surface area contributed by atoms with Crippen LogP contribution in [0.5, 0.6) is 5.88 Å². The number of aromatic nitrogens is 2. The lowest BCUT2D eigenvalue weighted by molar-refractivity contribution is -0.130. The van der Waals surface area contributed by atoms with Crippen LogP contribution in [0, 0.1) is 0 Å². The van der Waals surface area contributed by atoms with Crippen molar-refractivity contribution in [3.8, 4) is 11.6 Å². The van der Waals surface area contributed by atoms with E-state index in [4.69, 9.17) is 11.6 Å². The van der Waals surface area contributed by atoms with Gasteiger partial charge in [-0.2, -0.15) is 5.10 Å². The van der Waals surface area contributed by atoms with E-state index in [-0.39, 0.29) is 29.3 Å². The van der Waals surface area contributed by atoms with Crippen LogP contribution in [0.25, 0.3) is 5.69 Å². The van der Waals surface area contributed by atoms with Crippen LogP contribution in [-0.4, -0.2) is 31.3 Å². The lowest BCUT2D eigenvalue weighted by atomic mass is 9.96. The highest BCUT2D eigenvalue weighted by molar-refractivity contribution is 6.30. The maximum atomic E-state index is 12.7. The molecule has 0 radical (unpaired) electrons. The number of nitrogens with zero attached hydrogens (tertiary/aromatic N) is 3. The fourth-order valence-electron chi connectivity index (χ4n) is 3.95. The van der Waals surface area contributed by atoms with Gasteiger partial charge in [0.1, 0.15) is 5.56 Å². The van der Waals surface area contributed by atoms with Crippen molar-refractivity contribution in [1.29, 1.82) is 0 Å². The molecule has 1 aliphatic heterocycles. The van der Waals surface area contributed by atoms with E-state index in [0.29, 0.717) is 10.9 Å². The van der Waals surface area contributed by atoms with Crippen molar-refractivity contribution in [1.82, 2.24) is 14.6 Å². The van der Waals surface area contributed by atoms with Crippen LogP contribution in [0.3, 0.4) is 0 Å². The maximum Gasteiger partial charge on any atom is 0.335 e. The smallest absolute Gasteiger partial charge is 0.335 e. The third kappa shape index (κ3) is 4.21. The number of rotatable bonds is 4. The number of nitrogens with one attached hydrogen (secondary N) is 1. The van der Waals surface area contributed by atoms with E-state index in [9.17, 15) is 19.5 Å². The Morgan fingerprint density at radius 2 is 1.88 bits per heavy atom. The minimum absolute atomic E-state index is 0.165. The Morgan fingerprint density at radius 1 is 1.18 bits per heavy atom. The predicted octanol–water partition coefficient (Wildman–Crippen LogP) is 3.71. The first kappa shape index (κ1) is 22.5. The van der Waals surface area contributed by atoms with Crippen LogP contribution in [0.1, 0.15) is 55.8 Å². The zero-order valence-electron chi connectivity index (χ0n) is 18.4. The van der Waals surface area contributed by atoms with Crippen molar-refractivity contribution in [3.05, 3.63) is 91.1 Å². The van der Waals surface area contributed by atoms with Gasteiger partial charge in [0.25, 0.3) is 5.56 Å². The van der Waals surface area contributed by atoms with Gasteiger partial charge in [0.05, 0.1) is 17.4 Å². The Bertz CT molecular complexity index is 1370. The molecule has 170 valence electrons. The Morgan fingerprint density at radius 3 is 2.48 bits per heavy atom. The molecule has 1 aliphatic rings. The van der Waals surface area contributed by atoms with Crippen molar-refractivity contribution in [2.24, 2.45) is 5.10 Å². The van der Waals surface area contributed by atoms with Crippen molar-refractivity contribution >= 4 is 23.2 Å². The lowest BCUT2D eigenvalue weighted by Crippen LogP contribution is -2.33. The fraction of sp³-hybridized carbons (Fsp3) is 0.250. The summed E-state index contributed by atoms with van der Waals surface area (Å²) in [5.74, 6) is -0.507. The van der Waals surface area contributed by atoms with Gasteiger partial charge in [-0.1, -0.05) is 55.8 Å². The molecule has 3 aromatic rings. The van der Waals surface area contributed by atoms with Crippen LogP contribution in [0.15, 0.2) is 63.2 Å². The molecule has 2 aromatic carbocycles. The molecule has 0 spiro atoms. The molecule has 0 fully saturated rings. The van der Waals surface area contributed by atoms with Crippen LogP contribution in [0.4, 0.5) is 0 Å². The number of carbonyl (C=O) groups excluding carboxylic acids is 1. The number of amides is 1. The summed E-state index contributed by atoms with van der Waals surface area (Å²) >= 11 is 6.03. The molecule has 0 aliphatic carbocycles. The second-order valence-corrected chi connectivity index (χ2v) is 8.66. The third-order valence-electron chi connectivity index (χ3n) is 5.66. The molecular weight excluding hydrogens is 444 g/mol. The number of hydrogen-bond donors (Lipinski definition) is 2. The van der Waals surface area contributed by atoms with Crippen molar-refractivity contribution in [2.45, 2.75) is 39.2 Å². The Hall–Kier alpha value is -3.65. The van der Waals surface area contributed by atoms with Gasteiger partial charge in [-0.3, -0.25) is 14.6 Å². The summed E-state index contributed by atoms with van der Waals surface area (Å²) in [6.45, 7) is 5.58. The maximum absolute atomic E-state index is 12.7. The van der Waals surface area contributed by atoms with E-state index >= 15 is 0 Å². The molecule has 4 rings (SSSR count). The minimum atomic E-state index is -0.814. The van der Waals surface area contributed by atoms with E-state index in [2.05, 4.69) is 23.9 Å². The molecule has 0 unspecified atom stereocenters. The first-order chi connectivity index (χ1) is 15.7. The van der Waals surface area contributed by atoms with E-state index in [0.717, 1.165) is 15.7 Å². The number of carbonyl (C=O) groups is 1. The number of aromatic amines is 1. The summed E-state index contributed by atoms with van der Waals surface area (Å²) in [6, 6.07) is 13.7. The summed E-state index contributed by atoms with van der Waals surface area (Å²) in [4.78, 5) is 39.7. The highest BCUT2D eigenvalue weighted by atomic mass is 35.5. The van der Waals surface area contributed by atoms with E-state index in [1.165, 1.54) is 18.0 Å². The fourth-order valence-corrected chi connectivity index (χ4v) is 4.14. The molecule has 8 nitrogen and oxygen atoms in total. The normalized spacial score (nSPS) is 15.7. The zero-order valence-corrected chi connectivity index (χ0v) is 19.1. The first-order valence-corrected chi connectivity index (χ1v) is 10.9. The Kier molecular flexibility index (Phi) is 5.95. The average molecular weight is 467 g/mol. The first-order valence-electron chi connectivity index (χ1n) is 10.5. The molecule has 2 heterocycles. The summed E-state index contributed by atoms with van der Waals surface area (Å²) < 4.78 is 0.952. The molecular formula is C24H23ClN4O4. The molecule has 0 saturated carbocycles. The van der Waals surface area contributed by atoms with Gasteiger partial charge in [0.2, 0.25) is 11.8 Å². The van der Waals surface area contributed by atoms with Crippen molar-refractivity contribution < 1.29 is 9.90 Å².